The van der Waals surface area contributed by atoms with Crippen molar-refractivity contribution < 1.29 is 9.59 Å². The van der Waals surface area contributed by atoms with Crippen LogP contribution in [0, 0.1) is 5.92 Å². The Morgan fingerprint density at radius 3 is 2.38 bits per heavy atom. The van der Waals surface area contributed by atoms with Crippen molar-refractivity contribution in [2.75, 3.05) is 17.2 Å². The first-order chi connectivity index (χ1) is 20.5. The van der Waals surface area contributed by atoms with E-state index < -0.39 is 0 Å². The lowest BCUT2D eigenvalue weighted by Gasteiger charge is -2.15. The topological polar surface area (TPSA) is 125 Å². The maximum absolute atomic E-state index is 12.6. The molecule has 0 bridgehead atoms. The summed E-state index contributed by atoms with van der Waals surface area (Å²) in [5.74, 6) is 0.675. The van der Waals surface area contributed by atoms with Crippen LogP contribution in [0.4, 0.5) is 10.9 Å². The Morgan fingerprint density at radius 2 is 1.60 bits per heavy atom. The van der Waals surface area contributed by atoms with Gasteiger partial charge in [0.25, 0.3) is 0 Å². The van der Waals surface area contributed by atoms with Crippen molar-refractivity contribution >= 4 is 40.3 Å². The van der Waals surface area contributed by atoms with Crippen LogP contribution in [0.1, 0.15) is 47.2 Å². The fraction of sp³-hybridized carbons (Fsp3) is 0.323. The molecule has 1 atom stereocenters. The number of hydrogen-bond donors (Lipinski definition) is 2. The van der Waals surface area contributed by atoms with E-state index in [4.69, 9.17) is 0 Å². The first-order valence-electron chi connectivity index (χ1n) is 14.1. The molecule has 1 aliphatic rings. The highest BCUT2D eigenvalue weighted by Gasteiger charge is 2.14. The van der Waals surface area contributed by atoms with Gasteiger partial charge in [0.2, 0.25) is 16.9 Å². The lowest BCUT2D eigenvalue weighted by atomic mass is 10.1. The van der Waals surface area contributed by atoms with Crippen molar-refractivity contribution in [1.29, 1.82) is 0 Å². The second-order valence-corrected chi connectivity index (χ2v) is 11.5. The summed E-state index contributed by atoms with van der Waals surface area (Å²) in [6, 6.07) is 21.3. The van der Waals surface area contributed by atoms with Crippen LogP contribution >= 0.6 is 11.3 Å². The number of aromatic nitrogens is 4. The molecule has 5 rings (SSSR count). The van der Waals surface area contributed by atoms with E-state index in [9.17, 15) is 9.59 Å². The average Bonchev–Trinajstić information content (AvgIpc) is 3.60. The monoisotopic (exact) mass is 582 g/mol. The molecule has 0 saturated heterocycles. The predicted octanol–water partition coefficient (Wildman–Crippen LogP) is 4.69. The fourth-order valence-corrected chi connectivity index (χ4v) is 5.45. The number of unbranched alkanes of at least 4 members (excludes halogenated alkanes) is 1. The minimum atomic E-state index is -0.130. The Hall–Kier alpha value is -4.51. The molecule has 0 fully saturated rings. The maximum atomic E-state index is 12.6. The number of nitrogens with one attached hydrogen (secondary N) is 2. The van der Waals surface area contributed by atoms with Crippen molar-refractivity contribution in [3.05, 3.63) is 94.1 Å². The summed E-state index contributed by atoms with van der Waals surface area (Å²) in [4.78, 5) is 24.8. The molecule has 0 spiro atoms. The molecule has 2 aromatic carbocycles. The van der Waals surface area contributed by atoms with Gasteiger partial charge in [-0.1, -0.05) is 72.9 Å². The molecule has 2 aromatic heterocycles. The number of hydrazone groups is 1. The molecule has 216 valence electrons. The number of hydrogen-bond acceptors (Lipinski definition) is 9. The number of rotatable bonds is 13. The molecule has 3 heterocycles. The van der Waals surface area contributed by atoms with Gasteiger partial charge in [0.05, 0.1) is 25.1 Å². The molecule has 0 aliphatic carbocycles. The van der Waals surface area contributed by atoms with E-state index in [1.165, 1.54) is 11.3 Å². The number of carbonyl (C=O) groups excluding carboxylic acids is 2. The highest BCUT2D eigenvalue weighted by molar-refractivity contribution is 7.15. The minimum absolute atomic E-state index is 0.102. The van der Waals surface area contributed by atoms with Crippen LogP contribution in [-0.2, 0) is 41.8 Å². The number of benzene rings is 2. The average molecular weight is 583 g/mol. The van der Waals surface area contributed by atoms with E-state index >= 15 is 0 Å². The second kappa shape index (κ2) is 14.4. The summed E-state index contributed by atoms with van der Waals surface area (Å²) < 4.78 is 0. The van der Waals surface area contributed by atoms with Crippen LogP contribution in [0.5, 0.6) is 0 Å². The van der Waals surface area contributed by atoms with Crippen LogP contribution in [-0.4, -0.2) is 50.0 Å². The summed E-state index contributed by atoms with van der Waals surface area (Å²) in [5.41, 5.74) is 3.90. The molecule has 1 unspecified atom stereocenters. The van der Waals surface area contributed by atoms with Crippen LogP contribution in [0.3, 0.4) is 0 Å². The second-order valence-electron chi connectivity index (χ2n) is 10.5. The zero-order chi connectivity index (χ0) is 29.1. The highest BCUT2D eigenvalue weighted by atomic mass is 32.1. The van der Waals surface area contributed by atoms with E-state index in [1.54, 1.807) is 6.07 Å². The van der Waals surface area contributed by atoms with Crippen molar-refractivity contribution in [3.8, 4) is 0 Å². The standard InChI is InChI=1S/C31H34N8O2S/c1-22-19-32-39(20-22)21-25-11-7-10-24(16-25)18-28(40)33-27-15-14-26(35-36-27)12-5-6-13-30-37-38-31(42-30)34-29(41)17-23-8-3-2-4-9-23/h2-4,7-11,14-16,19,22H,5-6,12-13,17-18,20-21H2,1H3,(H,33,36,40)(H,34,38,41). The van der Waals surface area contributed by atoms with Gasteiger partial charge in [-0.25, -0.2) is 0 Å². The molecular weight excluding hydrogens is 548 g/mol. The first-order valence-corrected chi connectivity index (χ1v) is 15.0. The van der Waals surface area contributed by atoms with Crippen molar-refractivity contribution in [3.63, 3.8) is 0 Å². The zero-order valence-electron chi connectivity index (χ0n) is 23.6. The Labute approximate surface area is 249 Å². The summed E-state index contributed by atoms with van der Waals surface area (Å²) in [5, 5.41) is 30.3. The van der Waals surface area contributed by atoms with Gasteiger partial charge < -0.3 is 10.6 Å². The number of carbonyl (C=O) groups is 2. The molecule has 2 N–H and O–H groups in total. The third-order valence-corrected chi connectivity index (χ3v) is 7.58. The SMILES string of the molecule is CC1C=NN(Cc2cccc(CC(=O)Nc3ccc(CCCCc4nnc(NC(=O)Cc5ccccc5)s4)nn3)c2)C1. The van der Waals surface area contributed by atoms with E-state index in [0.29, 0.717) is 23.3 Å². The first kappa shape index (κ1) is 29.0. The molecule has 4 aromatic rings. The quantitative estimate of drug-likeness (QED) is 0.219. The van der Waals surface area contributed by atoms with Gasteiger partial charge in [-0.05, 0) is 48.1 Å². The minimum Gasteiger partial charge on any atom is -0.309 e. The lowest BCUT2D eigenvalue weighted by molar-refractivity contribution is -0.116. The van der Waals surface area contributed by atoms with Gasteiger partial charge in [-0.15, -0.1) is 15.3 Å². The van der Waals surface area contributed by atoms with Gasteiger partial charge in [0.15, 0.2) is 5.82 Å². The van der Waals surface area contributed by atoms with E-state index in [2.05, 4.69) is 55.2 Å². The van der Waals surface area contributed by atoms with Gasteiger partial charge in [-0.2, -0.15) is 10.2 Å². The normalized spacial score (nSPS) is 14.2. The number of amides is 2. The third kappa shape index (κ3) is 9.00. The van der Waals surface area contributed by atoms with Gasteiger partial charge in [0, 0.05) is 25.1 Å². The maximum Gasteiger partial charge on any atom is 0.230 e. The molecule has 11 heteroatoms. The van der Waals surface area contributed by atoms with Gasteiger partial charge in [-0.3, -0.25) is 14.6 Å². The summed E-state index contributed by atoms with van der Waals surface area (Å²) >= 11 is 1.40. The molecule has 10 nitrogen and oxygen atoms in total. The molecule has 42 heavy (non-hydrogen) atoms. The predicted molar refractivity (Wildman–Crippen MR) is 164 cm³/mol. The molecule has 2 amide bonds. The largest absolute Gasteiger partial charge is 0.309 e. The number of anilines is 2. The number of nitrogens with zero attached hydrogens (tertiary/aromatic N) is 6. The fourth-order valence-electron chi connectivity index (χ4n) is 4.65. The molecule has 0 saturated carbocycles. The zero-order valence-corrected chi connectivity index (χ0v) is 24.4. The van der Waals surface area contributed by atoms with Crippen molar-refractivity contribution in [2.24, 2.45) is 11.0 Å². The molecular formula is C31H34N8O2S. The van der Waals surface area contributed by atoms with E-state index in [-0.39, 0.29) is 18.2 Å². The van der Waals surface area contributed by atoms with Crippen LogP contribution in [0.15, 0.2) is 71.8 Å². The smallest absolute Gasteiger partial charge is 0.230 e. The molecule has 0 radical (unpaired) electrons. The third-order valence-electron chi connectivity index (χ3n) is 6.69. The Balaban J connectivity index is 0.998. The Bertz CT molecular complexity index is 1510. The van der Waals surface area contributed by atoms with Crippen LogP contribution in [0.25, 0.3) is 0 Å². The Morgan fingerprint density at radius 1 is 0.833 bits per heavy atom. The van der Waals surface area contributed by atoms with E-state index in [1.807, 2.05) is 59.8 Å². The lowest BCUT2D eigenvalue weighted by Crippen LogP contribution is -2.18. The summed E-state index contributed by atoms with van der Waals surface area (Å²) in [7, 11) is 0. The van der Waals surface area contributed by atoms with Crippen molar-refractivity contribution in [1.82, 2.24) is 25.4 Å². The van der Waals surface area contributed by atoms with Crippen LogP contribution < -0.4 is 10.6 Å². The van der Waals surface area contributed by atoms with Crippen molar-refractivity contribution in [2.45, 2.75) is 52.0 Å². The summed E-state index contributed by atoms with van der Waals surface area (Å²) in [6.45, 7) is 3.80. The number of aryl methyl sites for hydroxylation is 2. The van der Waals surface area contributed by atoms with Gasteiger partial charge in [0.1, 0.15) is 5.01 Å². The highest BCUT2D eigenvalue weighted by Crippen LogP contribution is 2.18. The van der Waals surface area contributed by atoms with Crippen LogP contribution in [0.2, 0.25) is 0 Å². The molecule has 1 aliphatic heterocycles. The van der Waals surface area contributed by atoms with E-state index in [0.717, 1.165) is 66.2 Å². The van der Waals surface area contributed by atoms with Gasteiger partial charge >= 0.3 is 0 Å². The Kier molecular flexibility index (Phi) is 9.94. The summed E-state index contributed by atoms with van der Waals surface area (Å²) in [6.07, 6.45) is 5.91.